The lowest BCUT2D eigenvalue weighted by Gasteiger charge is -2.29. The summed E-state index contributed by atoms with van der Waals surface area (Å²) < 4.78 is 41.2. The zero-order valence-corrected chi connectivity index (χ0v) is 22.8. The fourth-order valence-corrected chi connectivity index (χ4v) is 5.04. The number of benzene rings is 3. The Morgan fingerprint density at radius 1 is 1.05 bits per heavy atom. The highest BCUT2D eigenvalue weighted by Gasteiger charge is 2.32. The molecule has 3 aromatic rings. The fourth-order valence-electron chi connectivity index (χ4n) is 4.91. The van der Waals surface area contributed by atoms with E-state index in [2.05, 4.69) is 58.1 Å². The first-order valence-electron chi connectivity index (χ1n) is 13.1. The van der Waals surface area contributed by atoms with E-state index in [9.17, 15) is 18.0 Å². The number of hydrogen-bond donors (Lipinski definition) is 1. The number of rotatable bonds is 10. The van der Waals surface area contributed by atoms with Gasteiger partial charge in [0.1, 0.15) is 5.75 Å². The molecule has 0 aromatic heterocycles. The van der Waals surface area contributed by atoms with Gasteiger partial charge in [0.25, 0.3) is 5.91 Å². The molecule has 1 aliphatic heterocycles. The van der Waals surface area contributed by atoms with Crippen LogP contribution in [0.3, 0.4) is 0 Å². The topological polar surface area (TPSA) is 44.8 Å². The van der Waals surface area contributed by atoms with E-state index >= 15 is 0 Å². The number of amides is 1. The predicted molar refractivity (Wildman–Crippen MR) is 148 cm³/mol. The van der Waals surface area contributed by atoms with Crippen molar-refractivity contribution in [2.75, 3.05) is 31.6 Å². The van der Waals surface area contributed by atoms with Gasteiger partial charge in [0.15, 0.2) is 0 Å². The number of hydrogen-bond acceptors (Lipinski definition) is 4. The largest absolute Gasteiger partial charge is 0.573 e. The molecule has 1 amide bonds. The van der Waals surface area contributed by atoms with Crippen LogP contribution in [0.2, 0.25) is 5.02 Å². The summed E-state index contributed by atoms with van der Waals surface area (Å²) in [6, 6.07) is 21.3. The summed E-state index contributed by atoms with van der Waals surface area (Å²) in [6.45, 7) is 4.59. The molecule has 1 fully saturated rings. The van der Waals surface area contributed by atoms with Gasteiger partial charge in [-0.1, -0.05) is 49.2 Å². The summed E-state index contributed by atoms with van der Waals surface area (Å²) in [5.41, 5.74) is 3.70. The van der Waals surface area contributed by atoms with Gasteiger partial charge >= 0.3 is 6.36 Å². The average Bonchev–Trinajstić information content (AvgIpc) is 3.36. The van der Waals surface area contributed by atoms with Crippen LogP contribution in [0.5, 0.6) is 5.75 Å². The highest BCUT2D eigenvalue weighted by Crippen LogP contribution is 2.33. The molecule has 3 aromatic carbocycles. The normalized spacial score (nSPS) is 16.6. The summed E-state index contributed by atoms with van der Waals surface area (Å²) in [5, 5.41) is 3.70. The maximum Gasteiger partial charge on any atom is 0.573 e. The summed E-state index contributed by atoms with van der Waals surface area (Å²) in [4.78, 5) is 17.4. The number of nitrogens with zero attached hydrogens (tertiary/aromatic N) is 2. The highest BCUT2D eigenvalue weighted by atomic mass is 35.5. The Kier molecular flexibility index (Phi) is 9.40. The van der Waals surface area contributed by atoms with Crippen LogP contribution in [0.15, 0.2) is 72.8 Å². The minimum Gasteiger partial charge on any atom is -0.406 e. The van der Waals surface area contributed by atoms with Crippen LogP contribution in [-0.4, -0.2) is 49.9 Å². The lowest BCUT2D eigenvalue weighted by molar-refractivity contribution is -0.274. The number of unbranched alkanes of at least 4 members (excludes halogenated alkanes) is 1. The first-order valence-corrected chi connectivity index (χ1v) is 13.5. The molecule has 2 atom stereocenters. The highest BCUT2D eigenvalue weighted by molar-refractivity contribution is 6.30. The van der Waals surface area contributed by atoms with Crippen molar-refractivity contribution in [3.8, 4) is 5.75 Å². The molecule has 0 saturated carbocycles. The van der Waals surface area contributed by atoms with Gasteiger partial charge in [0.05, 0.1) is 6.04 Å². The van der Waals surface area contributed by atoms with E-state index in [1.165, 1.54) is 17.8 Å². The number of likely N-dealkylation sites (tertiary alicyclic amines) is 1. The Morgan fingerprint density at radius 3 is 2.26 bits per heavy atom. The SMILES string of the molecule is CCCCN(C)c1ccc([C@H](c2ccc(Cl)cc2)N2CCC(NC(=O)c3ccc(OC(F)(F)F)cc3)C2)cc1. The number of carbonyl (C=O) groups is 1. The predicted octanol–water partition coefficient (Wildman–Crippen LogP) is 7.07. The molecule has 4 rings (SSSR count). The van der Waals surface area contributed by atoms with E-state index < -0.39 is 6.36 Å². The van der Waals surface area contributed by atoms with Crippen molar-refractivity contribution >= 4 is 23.2 Å². The standard InChI is InChI=1S/C30H33ClF3N3O2/c1-3-4-18-36(2)26-13-7-22(8-14-26)28(21-5-11-24(31)12-6-21)37-19-17-25(20-37)35-29(38)23-9-15-27(16-10-23)39-30(32,33)34/h5-16,25,28H,3-4,17-20H2,1-2H3,(H,35,38)/t25?,28-/m0/s1. The van der Waals surface area contributed by atoms with Crippen LogP contribution in [0.25, 0.3) is 0 Å². The van der Waals surface area contributed by atoms with Gasteiger partial charge in [-0.25, -0.2) is 0 Å². The Balaban J connectivity index is 1.46. The number of anilines is 1. The maximum atomic E-state index is 12.8. The second kappa shape index (κ2) is 12.7. The van der Waals surface area contributed by atoms with E-state index in [-0.39, 0.29) is 29.3 Å². The molecular formula is C30H33ClF3N3O2. The van der Waals surface area contributed by atoms with E-state index in [1.54, 1.807) is 0 Å². The van der Waals surface area contributed by atoms with Crippen LogP contribution in [0, 0.1) is 0 Å². The van der Waals surface area contributed by atoms with Crippen LogP contribution in [-0.2, 0) is 0 Å². The molecule has 9 heteroatoms. The molecule has 0 aliphatic carbocycles. The molecule has 39 heavy (non-hydrogen) atoms. The van der Waals surface area contributed by atoms with Crippen LogP contribution in [0.1, 0.15) is 53.7 Å². The Labute approximate surface area is 232 Å². The number of alkyl halides is 3. The minimum absolute atomic E-state index is 0.0158. The summed E-state index contributed by atoms with van der Waals surface area (Å²) in [5.74, 6) is -0.692. The lowest BCUT2D eigenvalue weighted by atomic mass is 9.97. The van der Waals surface area contributed by atoms with Crippen molar-refractivity contribution in [1.29, 1.82) is 0 Å². The molecular weight excluding hydrogens is 527 g/mol. The van der Waals surface area contributed by atoms with Gasteiger partial charge in [-0.05, 0) is 72.5 Å². The van der Waals surface area contributed by atoms with Crippen LogP contribution >= 0.6 is 11.6 Å². The van der Waals surface area contributed by atoms with E-state index in [0.717, 1.165) is 55.6 Å². The lowest BCUT2D eigenvalue weighted by Crippen LogP contribution is -2.38. The molecule has 1 unspecified atom stereocenters. The smallest absolute Gasteiger partial charge is 0.406 e. The summed E-state index contributed by atoms with van der Waals surface area (Å²) in [6.07, 6.45) is -1.74. The number of ether oxygens (including phenoxy) is 1. The Morgan fingerprint density at radius 2 is 1.67 bits per heavy atom. The zero-order chi connectivity index (χ0) is 28.0. The van der Waals surface area contributed by atoms with E-state index in [0.29, 0.717) is 11.6 Å². The van der Waals surface area contributed by atoms with Gasteiger partial charge < -0.3 is 15.0 Å². The number of carbonyl (C=O) groups excluding carboxylic acids is 1. The first-order chi connectivity index (χ1) is 18.6. The van der Waals surface area contributed by atoms with Gasteiger partial charge in [-0.15, -0.1) is 13.2 Å². The maximum absolute atomic E-state index is 12.8. The Bertz CT molecular complexity index is 1220. The molecule has 1 heterocycles. The third-order valence-electron chi connectivity index (χ3n) is 6.95. The molecule has 0 spiro atoms. The first kappa shape index (κ1) is 28.8. The molecule has 5 nitrogen and oxygen atoms in total. The van der Waals surface area contributed by atoms with E-state index in [4.69, 9.17) is 11.6 Å². The van der Waals surface area contributed by atoms with Crippen LogP contribution < -0.4 is 15.0 Å². The molecule has 1 N–H and O–H groups in total. The van der Waals surface area contributed by atoms with Gasteiger partial charge in [0, 0.05) is 49.0 Å². The number of halogens is 4. The van der Waals surface area contributed by atoms with Crippen LogP contribution in [0.4, 0.5) is 18.9 Å². The third kappa shape index (κ3) is 7.90. The quantitative estimate of drug-likeness (QED) is 0.289. The van der Waals surface area contributed by atoms with Crippen molar-refractivity contribution in [1.82, 2.24) is 10.2 Å². The van der Waals surface area contributed by atoms with Crippen molar-refractivity contribution in [3.63, 3.8) is 0 Å². The van der Waals surface area contributed by atoms with E-state index in [1.807, 2.05) is 24.3 Å². The monoisotopic (exact) mass is 559 g/mol. The van der Waals surface area contributed by atoms with Crippen molar-refractivity contribution in [2.24, 2.45) is 0 Å². The molecule has 0 radical (unpaired) electrons. The molecule has 1 saturated heterocycles. The summed E-state index contributed by atoms with van der Waals surface area (Å²) in [7, 11) is 2.10. The molecule has 208 valence electrons. The van der Waals surface area contributed by atoms with Gasteiger partial charge in [-0.3, -0.25) is 9.69 Å². The fraction of sp³-hybridized carbons (Fsp3) is 0.367. The zero-order valence-electron chi connectivity index (χ0n) is 22.0. The van der Waals surface area contributed by atoms with Crippen molar-refractivity contribution in [2.45, 2.75) is 44.6 Å². The van der Waals surface area contributed by atoms with Gasteiger partial charge in [0.2, 0.25) is 0 Å². The minimum atomic E-state index is -4.77. The van der Waals surface area contributed by atoms with Crippen molar-refractivity contribution in [3.05, 3.63) is 94.5 Å². The molecule has 0 bridgehead atoms. The summed E-state index contributed by atoms with van der Waals surface area (Å²) >= 11 is 6.17. The third-order valence-corrected chi connectivity index (χ3v) is 7.20. The Hall–Kier alpha value is -3.23. The second-order valence-corrected chi connectivity index (χ2v) is 10.3. The number of nitrogens with one attached hydrogen (secondary N) is 1. The second-order valence-electron chi connectivity index (χ2n) is 9.85. The van der Waals surface area contributed by atoms with Crippen molar-refractivity contribution < 1.29 is 22.7 Å². The molecule has 1 aliphatic rings. The van der Waals surface area contributed by atoms with Gasteiger partial charge in [-0.2, -0.15) is 0 Å². The average molecular weight is 560 g/mol.